The predicted molar refractivity (Wildman–Crippen MR) is 75.9 cm³/mol. The van der Waals surface area contributed by atoms with Crippen LogP contribution in [-0.4, -0.2) is 67.3 Å². The monoisotopic (exact) mass is 295 g/mol. The van der Waals surface area contributed by atoms with Crippen molar-refractivity contribution >= 4 is 11.8 Å². The Morgan fingerprint density at radius 1 is 1.57 bits per heavy atom. The molecule has 116 valence electrons. The zero-order valence-electron chi connectivity index (χ0n) is 12.4. The first-order chi connectivity index (χ1) is 10.1. The fraction of sp³-hybridized carbons (Fsp3) is 0.571. The minimum absolute atomic E-state index is 0.0444. The Hall–Kier alpha value is -1.86. The van der Waals surface area contributed by atoms with E-state index in [-0.39, 0.29) is 24.5 Å². The average Bonchev–Trinajstić information content (AvgIpc) is 2.91. The highest BCUT2D eigenvalue weighted by Crippen LogP contribution is 2.06. The van der Waals surface area contributed by atoms with E-state index < -0.39 is 0 Å². The molecule has 1 aliphatic heterocycles. The van der Waals surface area contributed by atoms with Crippen LogP contribution in [0.4, 0.5) is 0 Å². The van der Waals surface area contributed by atoms with Gasteiger partial charge in [0.2, 0.25) is 5.91 Å². The first-order valence-corrected chi connectivity index (χ1v) is 6.89. The number of morpholine rings is 1. The summed E-state index contributed by atoms with van der Waals surface area (Å²) in [4.78, 5) is 25.4. The van der Waals surface area contributed by atoms with E-state index in [0.29, 0.717) is 31.9 Å². The van der Waals surface area contributed by atoms with E-state index in [1.165, 1.54) is 0 Å². The summed E-state index contributed by atoms with van der Waals surface area (Å²) in [6, 6.07) is 3.57. The smallest absolute Gasteiger partial charge is 0.267 e. The van der Waals surface area contributed by atoms with Crippen LogP contribution in [0, 0.1) is 0 Å². The second-order valence-electron chi connectivity index (χ2n) is 4.98. The fourth-order valence-electron chi connectivity index (χ4n) is 2.22. The van der Waals surface area contributed by atoms with Gasteiger partial charge in [0.05, 0.1) is 12.7 Å². The van der Waals surface area contributed by atoms with E-state index in [4.69, 9.17) is 9.47 Å². The molecule has 0 aromatic carbocycles. The van der Waals surface area contributed by atoms with Crippen LogP contribution in [0.3, 0.4) is 0 Å². The molecule has 1 saturated heterocycles. The number of aromatic nitrogens is 1. The van der Waals surface area contributed by atoms with Crippen LogP contribution >= 0.6 is 0 Å². The first-order valence-electron chi connectivity index (χ1n) is 6.89. The SMILES string of the molecule is COCCN1CC(CNC(=O)c2cccn2C)OCC1=O. The van der Waals surface area contributed by atoms with Crippen molar-refractivity contribution in [2.45, 2.75) is 6.10 Å². The average molecular weight is 295 g/mol. The maximum Gasteiger partial charge on any atom is 0.267 e. The first kappa shape index (κ1) is 15.5. The normalized spacial score (nSPS) is 18.9. The largest absolute Gasteiger partial charge is 0.383 e. The molecule has 1 unspecified atom stereocenters. The van der Waals surface area contributed by atoms with Gasteiger partial charge in [-0.15, -0.1) is 0 Å². The fourth-order valence-corrected chi connectivity index (χ4v) is 2.22. The second kappa shape index (κ2) is 7.24. The topological polar surface area (TPSA) is 72.8 Å². The quantitative estimate of drug-likeness (QED) is 0.777. The number of rotatable bonds is 6. The van der Waals surface area contributed by atoms with Gasteiger partial charge in [-0.2, -0.15) is 0 Å². The molecule has 2 heterocycles. The van der Waals surface area contributed by atoms with Crippen LogP contribution in [0.25, 0.3) is 0 Å². The maximum atomic E-state index is 12.0. The van der Waals surface area contributed by atoms with Crippen molar-refractivity contribution < 1.29 is 19.1 Å². The molecule has 2 amide bonds. The van der Waals surface area contributed by atoms with Crippen molar-refractivity contribution in [2.75, 3.05) is 40.0 Å². The molecule has 21 heavy (non-hydrogen) atoms. The Morgan fingerprint density at radius 2 is 2.38 bits per heavy atom. The van der Waals surface area contributed by atoms with Gasteiger partial charge in [0.25, 0.3) is 5.91 Å². The summed E-state index contributed by atoms with van der Waals surface area (Å²) in [7, 11) is 3.42. The van der Waals surface area contributed by atoms with E-state index in [9.17, 15) is 9.59 Å². The lowest BCUT2D eigenvalue weighted by Gasteiger charge is -2.32. The number of ether oxygens (including phenoxy) is 2. The molecule has 0 aliphatic carbocycles. The highest BCUT2D eigenvalue weighted by Gasteiger charge is 2.26. The molecule has 1 aliphatic rings. The Morgan fingerprint density at radius 3 is 3.05 bits per heavy atom. The lowest BCUT2D eigenvalue weighted by molar-refractivity contribution is -0.149. The van der Waals surface area contributed by atoms with Crippen LogP contribution in [0.2, 0.25) is 0 Å². The van der Waals surface area contributed by atoms with Crippen LogP contribution < -0.4 is 5.32 Å². The van der Waals surface area contributed by atoms with Gasteiger partial charge in [0.1, 0.15) is 12.3 Å². The molecule has 0 saturated carbocycles. The Kier molecular flexibility index (Phi) is 5.35. The lowest BCUT2D eigenvalue weighted by atomic mass is 10.2. The number of amides is 2. The number of methoxy groups -OCH3 is 1. The minimum Gasteiger partial charge on any atom is -0.383 e. The van der Waals surface area contributed by atoms with Crippen LogP contribution in [-0.2, 0) is 21.3 Å². The molecule has 0 bridgehead atoms. The van der Waals surface area contributed by atoms with Crippen LogP contribution in [0.5, 0.6) is 0 Å². The predicted octanol–water partition coefficient (Wildman–Crippen LogP) is -0.371. The summed E-state index contributed by atoms with van der Waals surface area (Å²) in [5.74, 6) is -0.191. The number of carbonyl (C=O) groups excluding carboxylic acids is 2. The summed E-state index contributed by atoms with van der Waals surface area (Å²) >= 11 is 0. The molecule has 0 spiro atoms. The van der Waals surface area contributed by atoms with Crippen molar-refractivity contribution in [3.63, 3.8) is 0 Å². The third-order valence-electron chi connectivity index (χ3n) is 3.45. The van der Waals surface area contributed by atoms with E-state index in [1.807, 2.05) is 19.3 Å². The van der Waals surface area contributed by atoms with E-state index >= 15 is 0 Å². The third kappa shape index (κ3) is 4.05. The van der Waals surface area contributed by atoms with Gasteiger partial charge in [0.15, 0.2) is 0 Å². The number of nitrogens with one attached hydrogen (secondary N) is 1. The molecule has 1 N–H and O–H groups in total. The molecule has 7 heteroatoms. The Bertz CT molecular complexity index is 500. The lowest BCUT2D eigenvalue weighted by Crippen LogP contribution is -2.51. The zero-order valence-corrected chi connectivity index (χ0v) is 12.4. The number of hydrogen-bond acceptors (Lipinski definition) is 4. The Balaban J connectivity index is 1.82. The minimum atomic E-state index is -0.191. The van der Waals surface area contributed by atoms with Gasteiger partial charge in [0, 0.05) is 40.0 Å². The van der Waals surface area contributed by atoms with Crippen LogP contribution in [0.1, 0.15) is 10.5 Å². The Labute approximate surface area is 123 Å². The van der Waals surface area contributed by atoms with E-state index in [0.717, 1.165) is 0 Å². The number of hydrogen-bond donors (Lipinski definition) is 1. The molecular weight excluding hydrogens is 274 g/mol. The molecular formula is C14H21N3O4. The zero-order chi connectivity index (χ0) is 15.2. The van der Waals surface area contributed by atoms with Gasteiger partial charge < -0.3 is 24.3 Å². The summed E-state index contributed by atoms with van der Waals surface area (Å²) in [6.07, 6.45) is 1.63. The molecule has 1 fully saturated rings. The van der Waals surface area contributed by atoms with E-state index in [2.05, 4.69) is 5.32 Å². The van der Waals surface area contributed by atoms with Crippen molar-refractivity contribution in [3.05, 3.63) is 24.0 Å². The number of aryl methyl sites for hydroxylation is 1. The van der Waals surface area contributed by atoms with Crippen molar-refractivity contribution in [1.29, 1.82) is 0 Å². The molecule has 0 radical (unpaired) electrons. The van der Waals surface area contributed by atoms with Crippen molar-refractivity contribution in [3.8, 4) is 0 Å². The molecule has 2 rings (SSSR count). The molecule has 1 atom stereocenters. The highest BCUT2D eigenvalue weighted by molar-refractivity contribution is 5.92. The maximum absolute atomic E-state index is 12.0. The summed E-state index contributed by atoms with van der Waals surface area (Å²) in [6.45, 7) is 1.93. The molecule has 1 aromatic heterocycles. The second-order valence-corrected chi connectivity index (χ2v) is 4.98. The van der Waals surface area contributed by atoms with Gasteiger partial charge in [-0.3, -0.25) is 9.59 Å². The number of carbonyl (C=O) groups is 2. The van der Waals surface area contributed by atoms with Gasteiger partial charge >= 0.3 is 0 Å². The third-order valence-corrected chi connectivity index (χ3v) is 3.45. The highest BCUT2D eigenvalue weighted by atomic mass is 16.5. The van der Waals surface area contributed by atoms with Crippen molar-refractivity contribution in [2.24, 2.45) is 7.05 Å². The van der Waals surface area contributed by atoms with Crippen LogP contribution in [0.15, 0.2) is 18.3 Å². The van der Waals surface area contributed by atoms with Gasteiger partial charge in [-0.1, -0.05) is 0 Å². The van der Waals surface area contributed by atoms with Gasteiger partial charge in [-0.05, 0) is 12.1 Å². The van der Waals surface area contributed by atoms with Gasteiger partial charge in [-0.25, -0.2) is 0 Å². The summed E-state index contributed by atoms with van der Waals surface area (Å²) in [5, 5.41) is 2.83. The standard InChI is InChI=1S/C14H21N3O4/c1-16-5-3-4-12(16)14(19)15-8-11-9-17(6-7-20-2)13(18)10-21-11/h3-5,11H,6-10H2,1-2H3,(H,15,19). The van der Waals surface area contributed by atoms with E-state index in [1.54, 1.807) is 22.6 Å². The summed E-state index contributed by atoms with van der Waals surface area (Å²) in [5.41, 5.74) is 0.595. The molecule has 1 aromatic rings. The summed E-state index contributed by atoms with van der Waals surface area (Å²) < 4.78 is 12.2. The number of nitrogens with zero attached hydrogens (tertiary/aromatic N) is 2. The van der Waals surface area contributed by atoms with Crippen molar-refractivity contribution in [1.82, 2.24) is 14.8 Å². The molecule has 7 nitrogen and oxygen atoms in total.